The summed E-state index contributed by atoms with van der Waals surface area (Å²) in [5.74, 6) is 2.13. The van der Waals surface area contributed by atoms with Gasteiger partial charge in [-0.25, -0.2) is 0 Å². The van der Waals surface area contributed by atoms with Crippen LogP contribution in [0.15, 0.2) is 0 Å². The van der Waals surface area contributed by atoms with Gasteiger partial charge in [0.05, 0.1) is 12.0 Å². The topological polar surface area (TPSA) is 26.3 Å². The molecule has 3 fully saturated rings. The van der Waals surface area contributed by atoms with Crippen LogP contribution in [-0.4, -0.2) is 12.6 Å². The molecule has 0 atom stereocenters. The van der Waals surface area contributed by atoms with Gasteiger partial charge in [-0.2, -0.15) is 0 Å². The Morgan fingerprint density at radius 1 is 0.550 bits per heavy atom. The number of rotatable bonds is 20. The lowest BCUT2D eigenvalue weighted by Gasteiger charge is -2.55. The second kappa shape index (κ2) is 19.6. The van der Waals surface area contributed by atoms with E-state index in [1.807, 2.05) is 0 Å². The molecule has 0 aromatic carbocycles. The summed E-state index contributed by atoms with van der Waals surface area (Å²) in [4.78, 5) is 14.2. The van der Waals surface area contributed by atoms with Crippen LogP contribution in [0.2, 0.25) is 0 Å². The summed E-state index contributed by atoms with van der Waals surface area (Å²) in [7, 11) is 0. The molecule has 0 saturated heterocycles. The fourth-order valence-electron chi connectivity index (χ4n) is 9.30. The lowest BCUT2D eigenvalue weighted by molar-refractivity contribution is -0.175. The highest BCUT2D eigenvalue weighted by atomic mass is 16.5. The van der Waals surface area contributed by atoms with E-state index in [0.29, 0.717) is 6.61 Å². The maximum Gasteiger partial charge on any atom is 0.312 e. The van der Waals surface area contributed by atoms with Crippen molar-refractivity contribution in [1.82, 2.24) is 0 Å². The smallest absolute Gasteiger partial charge is 0.312 e. The summed E-state index contributed by atoms with van der Waals surface area (Å²) in [6.07, 6.45) is 39.9. The first-order valence-corrected chi connectivity index (χ1v) is 18.8. The molecule has 0 aromatic heterocycles. The first-order chi connectivity index (χ1) is 19.7. The fourth-order valence-corrected chi connectivity index (χ4v) is 9.30. The highest BCUT2D eigenvalue weighted by Gasteiger charge is 2.57. The third-order valence-corrected chi connectivity index (χ3v) is 11.9. The molecule has 0 spiro atoms. The number of esters is 1. The van der Waals surface area contributed by atoms with Gasteiger partial charge >= 0.3 is 5.97 Å². The van der Waals surface area contributed by atoms with E-state index in [4.69, 9.17) is 4.74 Å². The Hall–Kier alpha value is -0.530. The van der Waals surface area contributed by atoms with E-state index in [-0.39, 0.29) is 16.8 Å². The number of hydrogen-bond donors (Lipinski definition) is 0. The molecular formula is C38H70O2. The van der Waals surface area contributed by atoms with Crippen molar-refractivity contribution in [1.29, 1.82) is 0 Å². The second-order valence-electron chi connectivity index (χ2n) is 14.6. The van der Waals surface area contributed by atoms with Crippen molar-refractivity contribution in [2.24, 2.45) is 22.7 Å². The standard InChI is InChI=1S/C38H70O2/c1-3-5-7-9-11-13-15-23-33-40-36(39)38(29-21-17-22-30-38)37(28-20-14-12-10-8-6-4-2)31-26-35(27-32-37)34-24-18-16-19-25-34/h34-35H,3-33H2,1-2H3/t35-,37+. The second-order valence-corrected chi connectivity index (χ2v) is 14.6. The van der Waals surface area contributed by atoms with Gasteiger partial charge in [0.2, 0.25) is 0 Å². The third kappa shape index (κ3) is 10.3. The van der Waals surface area contributed by atoms with E-state index in [0.717, 1.165) is 31.1 Å². The zero-order chi connectivity index (χ0) is 28.4. The van der Waals surface area contributed by atoms with E-state index in [2.05, 4.69) is 13.8 Å². The SMILES string of the molecule is CCCCCCCCCCOC(=O)C1([C@]2(CCCCCCCCC)CC[C@H](C3CCCCC3)CC2)CCCCC1. The Bertz CT molecular complexity index is 634. The van der Waals surface area contributed by atoms with Crippen LogP contribution >= 0.6 is 0 Å². The number of carbonyl (C=O) groups excluding carboxylic acids is 1. The molecule has 3 rings (SSSR count). The van der Waals surface area contributed by atoms with Crippen molar-refractivity contribution in [2.45, 2.75) is 206 Å². The van der Waals surface area contributed by atoms with Gasteiger partial charge in [0.25, 0.3) is 0 Å². The zero-order valence-electron chi connectivity index (χ0n) is 27.4. The molecule has 0 N–H and O–H groups in total. The molecule has 0 bridgehead atoms. The monoisotopic (exact) mass is 559 g/mol. The molecule has 3 aliphatic carbocycles. The first kappa shape index (κ1) is 34.0. The molecule has 234 valence electrons. The first-order valence-electron chi connectivity index (χ1n) is 18.8. The Balaban J connectivity index is 1.59. The Morgan fingerprint density at radius 2 is 1.02 bits per heavy atom. The third-order valence-electron chi connectivity index (χ3n) is 11.9. The molecule has 0 radical (unpaired) electrons. The van der Waals surface area contributed by atoms with Crippen molar-refractivity contribution in [2.75, 3.05) is 6.61 Å². The summed E-state index contributed by atoms with van der Waals surface area (Å²) in [5.41, 5.74) is 0.0174. The normalized spacial score (nSPS) is 25.6. The van der Waals surface area contributed by atoms with E-state index >= 15 is 0 Å². The van der Waals surface area contributed by atoms with Gasteiger partial charge in [-0.1, -0.05) is 155 Å². The Morgan fingerprint density at radius 3 is 1.60 bits per heavy atom. The van der Waals surface area contributed by atoms with Gasteiger partial charge in [0.15, 0.2) is 0 Å². The number of unbranched alkanes of at least 4 members (excludes halogenated alkanes) is 13. The maximum absolute atomic E-state index is 14.2. The van der Waals surface area contributed by atoms with Gasteiger partial charge in [0, 0.05) is 0 Å². The van der Waals surface area contributed by atoms with Gasteiger partial charge in [-0.15, -0.1) is 0 Å². The summed E-state index contributed by atoms with van der Waals surface area (Å²) in [5, 5.41) is 0. The molecule has 2 nitrogen and oxygen atoms in total. The highest BCUT2D eigenvalue weighted by Crippen LogP contribution is 2.61. The minimum atomic E-state index is -0.189. The number of hydrogen-bond acceptors (Lipinski definition) is 2. The predicted molar refractivity (Wildman–Crippen MR) is 173 cm³/mol. The molecule has 40 heavy (non-hydrogen) atoms. The fraction of sp³-hybridized carbons (Fsp3) is 0.974. The van der Waals surface area contributed by atoms with Crippen LogP contribution in [-0.2, 0) is 9.53 Å². The highest BCUT2D eigenvalue weighted by molar-refractivity contribution is 5.78. The van der Waals surface area contributed by atoms with Gasteiger partial charge < -0.3 is 4.74 Å². The lowest BCUT2D eigenvalue weighted by Crippen LogP contribution is -2.52. The molecule has 3 aliphatic rings. The molecule has 3 saturated carbocycles. The van der Waals surface area contributed by atoms with Crippen LogP contribution in [0.4, 0.5) is 0 Å². The van der Waals surface area contributed by atoms with Crippen molar-refractivity contribution < 1.29 is 9.53 Å². The molecule has 0 unspecified atom stereocenters. The largest absolute Gasteiger partial charge is 0.465 e. The Labute approximate surface area is 250 Å². The zero-order valence-corrected chi connectivity index (χ0v) is 27.4. The van der Waals surface area contributed by atoms with E-state index < -0.39 is 0 Å². The van der Waals surface area contributed by atoms with Crippen molar-refractivity contribution in [3.05, 3.63) is 0 Å². The summed E-state index contributed by atoms with van der Waals surface area (Å²) in [6.45, 7) is 5.26. The minimum absolute atomic E-state index is 0.189. The summed E-state index contributed by atoms with van der Waals surface area (Å²) in [6, 6.07) is 0. The van der Waals surface area contributed by atoms with Gasteiger partial charge in [0.1, 0.15) is 0 Å². The van der Waals surface area contributed by atoms with Crippen LogP contribution in [0.1, 0.15) is 206 Å². The van der Waals surface area contributed by atoms with E-state index in [1.165, 1.54) is 173 Å². The molecule has 0 aliphatic heterocycles. The van der Waals surface area contributed by atoms with Gasteiger partial charge in [-0.05, 0) is 68.6 Å². The average Bonchev–Trinajstić information content (AvgIpc) is 3.00. The molecule has 0 aromatic rings. The number of carbonyl (C=O) groups is 1. The van der Waals surface area contributed by atoms with Crippen LogP contribution in [0.3, 0.4) is 0 Å². The quantitative estimate of drug-likeness (QED) is 0.110. The lowest BCUT2D eigenvalue weighted by atomic mass is 9.49. The minimum Gasteiger partial charge on any atom is -0.465 e. The Kier molecular flexibility index (Phi) is 16.7. The summed E-state index contributed by atoms with van der Waals surface area (Å²) >= 11 is 0. The van der Waals surface area contributed by atoms with Crippen molar-refractivity contribution in [3.8, 4) is 0 Å². The predicted octanol–water partition coefficient (Wildman–Crippen LogP) is 12.5. The van der Waals surface area contributed by atoms with E-state index in [1.54, 1.807) is 0 Å². The molecular weight excluding hydrogens is 488 g/mol. The summed E-state index contributed by atoms with van der Waals surface area (Å²) < 4.78 is 6.28. The number of ether oxygens (including phenoxy) is 1. The van der Waals surface area contributed by atoms with Crippen LogP contribution in [0.5, 0.6) is 0 Å². The van der Waals surface area contributed by atoms with Crippen molar-refractivity contribution >= 4 is 5.97 Å². The molecule has 0 heterocycles. The van der Waals surface area contributed by atoms with Crippen molar-refractivity contribution in [3.63, 3.8) is 0 Å². The average molecular weight is 559 g/mol. The molecule has 0 amide bonds. The molecule has 2 heteroatoms. The van der Waals surface area contributed by atoms with E-state index in [9.17, 15) is 4.79 Å². The van der Waals surface area contributed by atoms with Crippen LogP contribution in [0.25, 0.3) is 0 Å². The van der Waals surface area contributed by atoms with Gasteiger partial charge in [-0.3, -0.25) is 4.79 Å². The van der Waals surface area contributed by atoms with Crippen LogP contribution in [0, 0.1) is 22.7 Å². The van der Waals surface area contributed by atoms with Crippen LogP contribution < -0.4 is 0 Å². The maximum atomic E-state index is 14.2.